The molecule has 9 heteroatoms. The minimum Gasteiger partial charge on any atom is -0.545 e. The molecule has 0 bridgehead atoms. The van der Waals surface area contributed by atoms with Crippen LogP contribution in [0.3, 0.4) is 0 Å². The molecule has 0 spiro atoms. The van der Waals surface area contributed by atoms with E-state index in [0.717, 1.165) is 83.5 Å². The Morgan fingerprint density at radius 2 is 0.781 bits per heavy atom. The summed E-state index contributed by atoms with van der Waals surface area (Å²) in [6.07, 6.45) is 69.1. The Labute approximate surface area is 449 Å². The van der Waals surface area contributed by atoms with Gasteiger partial charge in [-0.2, -0.15) is 0 Å². The van der Waals surface area contributed by atoms with Gasteiger partial charge in [0.1, 0.15) is 13.2 Å². The lowest BCUT2D eigenvalue weighted by Crippen LogP contribution is -2.44. The molecule has 0 amide bonds. The standard InChI is InChI=1S/C64H111NO8/c1-6-8-10-12-14-16-18-20-22-24-26-27-28-29-30-31-32-33-34-35-37-39-41-43-45-47-49-51-53-55-62(67)73-60(59-72-64(63(68)69)70-57-56-65(3,4)5)58-71-61(66)54-52-50-48-46-44-42-40-38-36-25-23-21-19-17-15-13-11-9-7-2/h8,10,14-17,20-23,26-27,29-30,60,64H,6-7,9,11-13,18-19,24-25,28,31-59H2,1-5H3/b10-8-,16-14-,17-15-,22-20-,23-21-,27-26-,30-29-. The van der Waals surface area contributed by atoms with Crippen molar-refractivity contribution < 1.29 is 42.9 Å². The zero-order valence-electron chi connectivity index (χ0n) is 47.7. The molecule has 2 unspecified atom stereocenters. The van der Waals surface area contributed by atoms with E-state index in [9.17, 15) is 19.5 Å². The van der Waals surface area contributed by atoms with E-state index in [1.807, 2.05) is 21.1 Å². The lowest BCUT2D eigenvalue weighted by Gasteiger charge is -2.26. The van der Waals surface area contributed by atoms with Crippen LogP contribution in [0.15, 0.2) is 85.1 Å². The maximum atomic E-state index is 12.9. The van der Waals surface area contributed by atoms with E-state index < -0.39 is 24.3 Å². The summed E-state index contributed by atoms with van der Waals surface area (Å²) in [5.41, 5.74) is 0. The van der Waals surface area contributed by atoms with Gasteiger partial charge in [0.25, 0.3) is 0 Å². The van der Waals surface area contributed by atoms with Crippen molar-refractivity contribution in [2.75, 3.05) is 47.5 Å². The normalized spacial score (nSPS) is 13.4. The lowest BCUT2D eigenvalue weighted by atomic mass is 10.0. The number of allylic oxidation sites excluding steroid dienone is 14. The predicted octanol–water partition coefficient (Wildman–Crippen LogP) is 16.2. The van der Waals surface area contributed by atoms with Gasteiger partial charge in [0.05, 0.1) is 40.3 Å². The van der Waals surface area contributed by atoms with E-state index >= 15 is 0 Å². The number of aliphatic carboxylic acids is 1. The molecule has 0 aliphatic rings. The SMILES string of the molecule is CC/C=C\C/C=C\C/C=C\C/C=C\C/C=C\CCCCCCCCCCCCCCCC(=O)OC(COC(=O)CCCCCCCCCCC/C=C\C/C=C\CCCCC)COC(OCC[N+](C)(C)C)C(=O)[O-]. The molecule has 0 aliphatic carbocycles. The van der Waals surface area contributed by atoms with Gasteiger partial charge >= 0.3 is 11.9 Å². The largest absolute Gasteiger partial charge is 0.545 e. The molecule has 0 N–H and O–H groups in total. The summed E-state index contributed by atoms with van der Waals surface area (Å²) in [7, 11) is 5.92. The van der Waals surface area contributed by atoms with Crippen molar-refractivity contribution >= 4 is 17.9 Å². The molecule has 73 heavy (non-hydrogen) atoms. The second-order valence-electron chi connectivity index (χ2n) is 20.9. The average Bonchev–Trinajstić information content (AvgIpc) is 3.36. The number of likely N-dealkylation sites (N-methyl/N-ethyl adjacent to an activating group) is 1. The zero-order valence-corrected chi connectivity index (χ0v) is 47.7. The van der Waals surface area contributed by atoms with Crippen molar-refractivity contribution in [2.24, 2.45) is 0 Å². The monoisotopic (exact) mass is 1020 g/mol. The number of esters is 2. The minimum absolute atomic E-state index is 0.144. The van der Waals surface area contributed by atoms with Crippen molar-refractivity contribution in [1.29, 1.82) is 0 Å². The first kappa shape index (κ1) is 69.5. The predicted molar refractivity (Wildman–Crippen MR) is 306 cm³/mol. The van der Waals surface area contributed by atoms with Crippen LogP contribution in [0.1, 0.15) is 245 Å². The highest BCUT2D eigenvalue weighted by molar-refractivity contribution is 5.70. The smallest absolute Gasteiger partial charge is 0.306 e. The fourth-order valence-electron chi connectivity index (χ4n) is 8.06. The molecule has 2 atom stereocenters. The second-order valence-corrected chi connectivity index (χ2v) is 20.9. The van der Waals surface area contributed by atoms with Crippen LogP contribution in [0.2, 0.25) is 0 Å². The Bertz CT molecular complexity index is 1470. The molecule has 0 aromatic heterocycles. The maximum Gasteiger partial charge on any atom is 0.306 e. The van der Waals surface area contributed by atoms with E-state index in [1.165, 1.54) is 128 Å². The van der Waals surface area contributed by atoms with Gasteiger partial charge in [0.2, 0.25) is 0 Å². The van der Waals surface area contributed by atoms with Gasteiger partial charge in [-0.3, -0.25) is 9.59 Å². The zero-order chi connectivity index (χ0) is 53.4. The van der Waals surface area contributed by atoms with Crippen molar-refractivity contribution in [2.45, 2.75) is 257 Å². The van der Waals surface area contributed by atoms with E-state index in [2.05, 4.69) is 98.9 Å². The summed E-state index contributed by atoms with van der Waals surface area (Å²) in [6.45, 7) is 4.61. The highest BCUT2D eigenvalue weighted by Crippen LogP contribution is 2.16. The molecule has 0 aromatic rings. The van der Waals surface area contributed by atoms with Crippen LogP contribution in [-0.2, 0) is 33.3 Å². The van der Waals surface area contributed by atoms with Gasteiger partial charge < -0.3 is 33.3 Å². The average molecular weight is 1020 g/mol. The summed E-state index contributed by atoms with van der Waals surface area (Å²) >= 11 is 0. The van der Waals surface area contributed by atoms with Crippen LogP contribution in [0.4, 0.5) is 0 Å². The number of carbonyl (C=O) groups excluding carboxylic acids is 3. The topological polar surface area (TPSA) is 111 Å². The van der Waals surface area contributed by atoms with E-state index in [0.29, 0.717) is 17.4 Å². The molecule has 420 valence electrons. The van der Waals surface area contributed by atoms with Gasteiger partial charge in [-0.05, 0) is 89.9 Å². The maximum absolute atomic E-state index is 12.9. The van der Waals surface area contributed by atoms with Crippen LogP contribution >= 0.6 is 0 Å². The first-order chi connectivity index (χ1) is 35.6. The van der Waals surface area contributed by atoms with Crippen molar-refractivity contribution in [3.05, 3.63) is 85.1 Å². The Balaban J connectivity index is 4.22. The number of hydrogen-bond acceptors (Lipinski definition) is 8. The van der Waals surface area contributed by atoms with Gasteiger partial charge in [0.15, 0.2) is 12.4 Å². The third kappa shape index (κ3) is 56.0. The number of carboxylic acid groups (broad SMARTS) is 1. The fraction of sp³-hybridized carbons (Fsp3) is 0.734. The van der Waals surface area contributed by atoms with Gasteiger partial charge in [-0.15, -0.1) is 0 Å². The Kier molecular flexibility index (Phi) is 52.1. The third-order valence-electron chi connectivity index (χ3n) is 12.6. The Hall–Kier alpha value is -3.53. The summed E-state index contributed by atoms with van der Waals surface area (Å²) in [5.74, 6) is -2.29. The number of carboxylic acids is 1. The highest BCUT2D eigenvalue weighted by atomic mass is 16.7. The van der Waals surface area contributed by atoms with Crippen molar-refractivity contribution in [3.8, 4) is 0 Å². The summed E-state index contributed by atoms with van der Waals surface area (Å²) in [6, 6.07) is 0. The molecule has 0 aliphatic heterocycles. The molecule has 0 saturated heterocycles. The van der Waals surface area contributed by atoms with Crippen LogP contribution in [0.5, 0.6) is 0 Å². The molecule has 0 radical (unpaired) electrons. The summed E-state index contributed by atoms with van der Waals surface area (Å²) in [5, 5.41) is 11.8. The molecule has 0 aromatic carbocycles. The lowest BCUT2D eigenvalue weighted by molar-refractivity contribution is -0.870. The molecule has 0 fully saturated rings. The first-order valence-electron chi connectivity index (χ1n) is 29.7. The summed E-state index contributed by atoms with van der Waals surface area (Å²) < 4.78 is 22.7. The van der Waals surface area contributed by atoms with Crippen LogP contribution < -0.4 is 5.11 Å². The van der Waals surface area contributed by atoms with Gasteiger partial charge in [-0.25, -0.2) is 0 Å². The minimum atomic E-state index is -1.63. The van der Waals surface area contributed by atoms with Crippen LogP contribution in [0, 0.1) is 0 Å². The van der Waals surface area contributed by atoms with Gasteiger partial charge in [0, 0.05) is 12.8 Å². The number of unbranched alkanes of at least 4 members (excludes halogenated alkanes) is 25. The number of hydrogen-bond donors (Lipinski definition) is 0. The molecule has 9 nitrogen and oxygen atoms in total. The number of rotatable bonds is 54. The molecular formula is C64H111NO8. The fourth-order valence-corrected chi connectivity index (χ4v) is 8.06. The molecule has 0 saturated carbocycles. The number of ether oxygens (including phenoxy) is 4. The number of nitrogens with zero attached hydrogens (tertiary/aromatic N) is 1. The molecular weight excluding hydrogens is 911 g/mol. The third-order valence-corrected chi connectivity index (χ3v) is 12.6. The quantitative estimate of drug-likeness (QED) is 0.0195. The second kappa shape index (κ2) is 54.7. The van der Waals surface area contributed by atoms with E-state index in [4.69, 9.17) is 18.9 Å². The highest BCUT2D eigenvalue weighted by Gasteiger charge is 2.22. The van der Waals surface area contributed by atoms with Crippen LogP contribution in [-0.4, -0.2) is 82.3 Å². The number of carbonyl (C=O) groups is 3. The van der Waals surface area contributed by atoms with E-state index in [1.54, 1.807) is 0 Å². The van der Waals surface area contributed by atoms with Crippen molar-refractivity contribution in [1.82, 2.24) is 0 Å². The number of quaternary nitrogens is 1. The molecule has 0 rings (SSSR count). The van der Waals surface area contributed by atoms with Gasteiger partial charge in [-0.1, -0.05) is 227 Å². The van der Waals surface area contributed by atoms with E-state index in [-0.39, 0.29) is 38.6 Å². The first-order valence-corrected chi connectivity index (χ1v) is 29.7. The summed E-state index contributed by atoms with van der Waals surface area (Å²) in [4.78, 5) is 37.3. The Morgan fingerprint density at radius 3 is 1.16 bits per heavy atom. The van der Waals surface area contributed by atoms with Crippen molar-refractivity contribution in [3.63, 3.8) is 0 Å². The molecule has 0 heterocycles. The Morgan fingerprint density at radius 1 is 0.425 bits per heavy atom. The van der Waals surface area contributed by atoms with Crippen LogP contribution in [0.25, 0.3) is 0 Å².